The Labute approximate surface area is 104 Å². The average molecular weight is 279 g/mol. The summed E-state index contributed by atoms with van der Waals surface area (Å²) in [6.45, 7) is 2.33. The largest absolute Gasteiger partial charge is 0.442 e. The number of alkyl halides is 2. The Kier molecular flexibility index (Phi) is 3.46. The van der Waals surface area contributed by atoms with Gasteiger partial charge in [0.25, 0.3) is 16.4 Å². The fourth-order valence-electron chi connectivity index (χ4n) is 1.75. The molecule has 18 heavy (non-hydrogen) atoms. The Morgan fingerprint density at radius 1 is 1.44 bits per heavy atom. The molecule has 1 saturated carbocycles. The second-order valence-corrected chi connectivity index (χ2v) is 6.33. The number of furan rings is 1. The molecule has 1 heterocycles. The van der Waals surface area contributed by atoms with Crippen LogP contribution in [-0.2, 0) is 10.0 Å². The van der Waals surface area contributed by atoms with Crippen LogP contribution in [-0.4, -0.2) is 15.0 Å². The summed E-state index contributed by atoms with van der Waals surface area (Å²) in [7, 11) is -3.83. The minimum atomic E-state index is -3.83. The first kappa shape index (κ1) is 13.5. The van der Waals surface area contributed by atoms with E-state index in [4.69, 9.17) is 0 Å². The van der Waals surface area contributed by atoms with Crippen molar-refractivity contribution in [2.24, 2.45) is 5.41 Å². The highest BCUT2D eigenvalue weighted by atomic mass is 32.2. The molecule has 4 nitrogen and oxygen atoms in total. The van der Waals surface area contributed by atoms with Gasteiger partial charge in [-0.1, -0.05) is 6.92 Å². The van der Waals surface area contributed by atoms with E-state index in [1.54, 1.807) is 0 Å². The first-order valence-electron chi connectivity index (χ1n) is 5.76. The highest BCUT2D eigenvalue weighted by molar-refractivity contribution is 7.89. The lowest BCUT2D eigenvalue weighted by Gasteiger charge is -2.12. The van der Waals surface area contributed by atoms with Crippen LogP contribution in [0.5, 0.6) is 0 Å². The summed E-state index contributed by atoms with van der Waals surface area (Å²) in [5, 5.41) is -0.454. The Hall–Kier alpha value is -0.950. The molecule has 7 heteroatoms. The van der Waals surface area contributed by atoms with Crippen LogP contribution in [0.3, 0.4) is 0 Å². The van der Waals surface area contributed by atoms with Gasteiger partial charge in [0.15, 0.2) is 5.76 Å². The molecule has 0 aliphatic heterocycles. The SMILES string of the molecule is CCC1(CNS(=O)(=O)c2ccc(C(F)F)o2)CC1. The Bertz CT molecular complexity index is 520. The van der Waals surface area contributed by atoms with Crippen molar-refractivity contribution in [1.29, 1.82) is 0 Å². The quantitative estimate of drug-likeness (QED) is 0.871. The molecule has 0 spiro atoms. The van der Waals surface area contributed by atoms with Crippen LogP contribution in [0, 0.1) is 5.41 Å². The zero-order chi connectivity index (χ0) is 13.4. The van der Waals surface area contributed by atoms with E-state index in [-0.39, 0.29) is 5.41 Å². The summed E-state index contributed by atoms with van der Waals surface area (Å²) in [5.41, 5.74) is 0.0468. The Morgan fingerprint density at radius 3 is 2.56 bits per heavy atom. The lowest BCUT2D eigenvalue weighted by Crippen LogP contribution is -2.29. The highest BCUT2D eigenvalue weighted by Crippen LogP contribution is 2.48. The number of hydrogen-bond acceptors (Lipinski definition) is 3. The van der Waals surface area contributed by atoms with Gasteiger partial charge in [-0.3, -0.25) is 0 Å². The van der Waals surface area contributed by atoms with E-state index in [2.05, 4.69) is 9.14 Å². The van der Waals surface area contributed by atoms with E-state index < -0.39 is 27.3 Å². The summed E-state index contributed by atoms with van der Waals surface area (Å²) in [5.74, 6) is -0.632. The van der Waals surface area contributed by atoms with Crippen LogP contribution in [0.15, 0.2) is 21.6 Å². The molecule has 1 aliphatic rings. The van der Waals surface area contributed by atoms with E-state index in [9.17, 15) is 17.2 Å². The van der Waals surface area contributed by atoms with Gasteiger partial charge in [-0.2, -0.15) is 0 Å². The molecule has 0 bridgehead atoms. The molecule has 0 unspecified atom stereocenters. The van der Waals surface area contributed by atoms with Crippen molar-refractivity contribution >= 4 is 10.0 Å². The molecule has 1 aromatic rings. The molecule has 0 atom stereocenters. The topological polar surface area (TPSA) is 59.3 Å². The number of hydrogen-bond donors (Lipinski definition) is 1. The Balaban J connectivity index is 2.05. The minimum Gasteiger partial charge on any atom is -0.442 e. The number of halogens is 2. The van der Waals surface area contributed by atoms with Gasteiger partial charge >= 0.3 is 0 Å². The van der Waals surface area contributed by atoms with Crippen LogP contribution < -0.4 is 4.72 Å². The summed E-state index contributed by atoms with van der Waals surface area (Å²) in [6, 6.07) is 2.03. The third-order valence-electron chi connectivity index (χ3n) is 3.43. The van der Waals surface area contributed by atoms with E-state index in [1.807, 2.05) is 6.92 Å². The van der Waals surface area contributed by atoms with Crippen molar-refractivity contribution in [3.05, 3.63) is 17.9 Å². The molecule has 2 rings (SSSR count). The van der Waals surface area contributed by atoms with E-state index >= 15 is 0 Å². The molecule has 1 fully saturated rings. The van der Waals surface area contributed by atoms with Gasteiger partial charge in [0, 0.05) is 6.54 Å². The minimum absolute atomic E-state index is 0.0468. The number of rotatable bonds is 6. The van der Waals surface area contributed by atoms with E-state index in [0.29, 0.717) is 6.54 Å². The highest BCUT2D eigenvalue weighted by Gasteiger charge is 2.41. The van der Waals surface area contributed by atoms with Crippen LogP contribution >= 0.6 is 0 Å². The molecule has 0 aromatic carbocycles. The van der Waals surface area contributed by atoms with Gasteiger partial charge in [0.05, 0.1) is 0 Å². The van der Waals surface area contributed by atoms with Crippen molar-refractivity contribution in [1.82, 2.24) is 4.72 Å². The smallest absolute Gasteiger partial charge is 0.295 e. The molecular weight excluding hydrogens is 264 g/mol. The third kappa shape index (κ3) is 2.72. The van der Waals surface area contributed by atoms with Crippen LogP contribution in [0.25, 0.3) is 0 Å². The van der Waals surface area contributed by atoms with Gasteiger partial charge in [0.2, 0.25) is 5.09 Å². The van der Waals surface area contributed by atoms with E-state index in [0.717, 1.165) is 31.4 Å². The van der Waals surface area contributed by atoms with Crippen LogP contribution in [0.2, 0.25) is 0 Å². The lowest BCUT2D eigenvalue weighted by molar-refractivity contribution is 0.116. The molecule has 1 N–H and O–H groups in total. The van der Waals surface area contributed by atoms with Crippen molar-refractivity contribution in [3.63, 3.8) is 0 Å². The first-order chi connectivity index (χ1) is 8.38. The third-order valence-corrected chi connectivity index (χ3v) is 4.70. The second kappa shape index (κ2) is 4.62. The predicted molar refractivity (Wildman–Crippen MR) is 60.8 cm³/mol. The maximum Gasteiger partial charge on any atom is 0.295 e. The van der Waals surface area contributed by atoms with Crippen LogP contribution in [0.4, 0.5) is 8.78 Å². The molecule has 1 aromatic heterocycles. The fourth-order valence-corrected chi connectivity index (χ4v) is 2.84. The number of nitrogens with one attached hydrogen (secondary N) is 1. The zero-order valence-electron chi connectivity index (χ0n) is 9.95. The van der Waals surface area contributed by atoms with Gasteiger partial charge in [-0.05, 0) is 36.8 Å². The maximum absolute atomic E-state index is 12.3. The predicted octanol–water partition coefficient (Wildman–Crippen LogP) is 2.69. The molecule has 0 radical (unpaired) electrons. The zero-order valence-corrected chi connectivity index (χ0v) is 10.8. The van der Waals surface area contributed by atoms with E-state index in [1.165, 1.54) is 0 Å². The number of sulfonamides is 1. The molecule has 1 aliphatic carbocycles. The van der Waals surface area contributed by atoms with Gasteiger partial charge < -0.3 is 4.42 Å². The molecule has 0 amide bonds. The molecule has 0 saturated heterocycles. The standard InChI is InChI=1S/C11H15F2NO3S/c1-2-11(5-6-11)7-14-18(15,16)9-4-3-8(17-9)10(12)13/h3-4,10,14H,2,5-7H2,1H3. The van der Waals surface area contributed by atoms with Crippen molar-refractivity contribution in [2.75, 3.05) is 6.54 Å². The lowest BCUT2D eigenvalue weighted by atomic mass is 10.1. The van der Waals surface area contributed by atoms with Crippen LogP contribution in [0.1, 0.15) is 38.4 Å². The van der Waals surface area contributed by atoms with Gasteiger partial charge in [-0.25, -0.2) is 21.9 Å². The summed E-state index contributed by atoms with van der Waals surface area (Å²) < 4.78 is 55.3. The van der Waals surface area contributed by atoms with Crippen molar-refractivity contribution in [3.8, 4) is 0 Å². The van der Waals surface area contributed by atoms with Crippen molar-refractivity contribution in [2.45, 2.75) is 37.7 Å². The van der Waals surface area contributed by atoms with Gasteiger partial charge in [0.1, 0.15) is 0 Å². The Morgan fingerprint density at radius 2 is 2.11 bits per heavy atom. The van der Waals surface area contributed by atoms with Gasteiger partial charge in [-0.15, -0.1) is 0 Å². The fraction of sp³-hybridized carbons (Fsp3) is 0.636. The van der Waals surface area contributed by atoms with Crippen molar-refractivity contribution < 1.29 is 21.6 Å². The molecule has 102 valence electrons. The maximum atomic E-state index is 12.3. The monoisotopic (exact) mass is 279 g/mol. The second-order valence-electron chi connectivity index (χ2n) is 4.64. The normalized spacial score (nSPS) is 18.2. The first-order valence-corrected chi connectivity index (χ1v) is 7.24. The summed E-state index contributed by atoms with van der Waals surface area (Å²) in [6.07, 6.45) is 0.0777. The summed E-state index contributed by atoms with van der Waals surface area (Å²) >= 11 is 0. The molecular formula is C11H15F2NO3S. The average Bonchev–Trinajstić information content (AvgIpc) is 2.91. The summed E-state index contributed by atoms with van der Waals surface area (Å²) in [4.78, 5) is 0.